The SMILES string of the molecule is BCCC=C. The van der Waals surface area contributed by atoms with Crippen LogP contribution >= 0.6 is 0 Å². The van der Waals surface area contributed by atoms with E-state index in [2.05, 4.69) is 14.4 Å². The van der Waals surface area contributed by atoms with Gasteiger partial charge in [-0.05, 0) is 6.42 Å². The van der Waals surface area contributed by atoms with Gasteiger partial charge in [-0.25, -0.2) is 0 Å². The molecule has 0 bridgehead atoms. The lowest BCUT2D eigenvalue weighted by Crippen LogP contribution is -1.58. The molecule has 0 fully saturated rings. The largest absolute Gasteiger partial charge is 0.103 e. The monoisotopic (exact) mass is 68.1 g/mol. The van der Waals surface area contributed by atoms with Gasteiger partial charge in [0.2, 0.25) is 0 Å². The Kier molecular flexibility index (Phi) is 3.66. The van der Waals surface area contributed by atoms with Crippen LogP contribution in [0.2, 0.25) is 6.32 Å². The molecule has 0 N–H and O–H groups in total. The van der Waals surface area contributed by atoms with Gasteiger partial charge in [0.15, 0.2) is 0 Å². The van der Waals surface area contributed by atoms with Crippen molar-refractivity contribution in [3.8, 4) is 0 Å². The fourth-order valence-corrected chi connectivity index (χ4v) is 0.204. The second-order valence-corrected chi connectivity index (χ2v) is 1.08. The Morgan fingerprint density at radius 3 is 2.40 bits per heavy atom. The molecule has 0 nitrogen and oxygen atoms in total. The third-order valence-electron chi connectivity index (χ3n) is 0.493. The molecule has 0 aromatic rings. The molecule has 0 aromatic carbocycles. The fourth-order valence-electron chi connectivity index (χ4n) is 0.204. The third kappa shape index (κ3) is 3.80. The lowest BCUT2D eigenvalue weighted by Gasteiger charge is -1.72. The van der Waals surface area contributed by atoms with E-state index >= 15 is 0 Å². The molecule has 0 amide bonds. The van der Waals surface area contributed by atoms with E-state index in [1.165, 1.54) is 6.32 Å². The lowest BCUT2D eigenvalue weighted by molar-refractivity contribution is 1.22. The molecule has 0 heterocycles. The Hall–Kier alpha value is -0.195. The minimum absolute atomic E-state index is 1.15. The summed E-state index contributed by atoms with van der Waals surface area (Å²) in [5.74, 6) is 0. The van der Waals surface area contributed by atoms with E-state index in [9.17, 15) is 0 Å². The van der Waals surface area contributed by atoms with Crippen LogP contribution in [0.3, 0.4) is 0 Å². The van der Waals surface area contributed by atoms with Crippen molar-refractivity contribution in [2.45, 2.75) is 12.7 Å². The summed E-state index contributed by atoms with van der Waals surface area (Å²) < 4.78 is 0. The van der Waals surface area contributed by atoms with Crippen LogP contribution in [0.5, 0.6) is 0 Å². The molecule has 0 aromatic heterocycles. The first-order chi connectivity index (χ1) is 2.41. The van der Waals surface area contributed by atoms with Gasteiger partial charge in [0.25, 0.3) is 0 Å². The maximum Gasteiger partial charge on any atom is 0.101 e. The van der Waals surface area contributed by atoms with Crippen molar-refractivity contribution >= 4 is 7.85 Å². The molecule has 0 saturated carbocycles. The number of hydrogen-bond acceptors (Lipinski definition) is 0. The zero-order valence-corrected chi connectivity index (χ0v) is 3.70. The van der Waals surface area contributed by atoms with Crippen LogP contribution in [-0.2, 0) is 0 Å². The Labute approximate surface area is 34.3 Å². The molecule has 0 atom stereocenters. The highest BCUT2D eigenvalue weighted by atomic mass is 13.6. The summed E-state index contributed by atoms with van der Waals surface area (Å²) in [6.07, 6.45) is 4.31. The summed E-state index contributed by atoms with van der Waals surface area (Å²) in [7, 11) is 2.14. The van der Waals surface area contributed by atoms with Crippen LogP contribution < -0.4 is 0 Å². The molecule has 0 unspecified atom stereocenters. The van der Waals surface area contributed by atoms with Crippen LogP contribution in [0.4, 0.5) is 0 Å². The molecule has 1 heteroatoms. The molecule has 0 saturated heterocycles. The zero-order chi connectivity index (χ0) is 4.12. The maximum absolute atomic E-state index is 3.55. The van der Waals surface area contributed by atoms with Crippen molar-refractivity contribution < 1.29 is 0 Å². The van der Waals surface area contributed by atoms with E-state index in [1.807, 2.05) is 6.08 Å². The fraction of sp³-hybridized carbons (Fsp3) is 0.500. The van der Waals surface area contributed by atoms with Crippen molar-refractivity contribution in [3.05, 3.63) is 12.7 Å². The molecule has 0 aliphatic carbocycles. The molecule has 0 aliphatic rings. The van der Waals surface area contributed by atoms with Crippen molar-refractivity contribution in [2.75, 3.05) is 0 Å². The summed E-state index contributed by atoms with van der Waals surface area (Å²) in [5.41, 5.74) is 0. The van der Waals surface area contributed by atoms with Crippen LogP contribution in [-0.4, -0.2) is 7.85 Å². The van der Waals surface area contributed by atoms with Crippen molar-refractivity contribution in [1.29, 1.82) is 0 Å². The number of hydrogen-bond donors (Lipinski definition) is 0. The first kappa shape index (κ1) is 4.80. The topological polar surface area (TPSA) is 0 Å². The molecule has 0 spiro atoms. The highest BCUT2D eigenvalue weighted by Gasteiger charge is 1.62. The van der Waals surface area contributed by atoms with Gasteiger partial charge in [0, 0.05) is 0 Å². The van der Waals surface area contributed by atoms with E-state index in [1.54, 1.807) is 0 Å². The minimum atomic E-state index is 1.15. The first-order valence-corrected chi connectivity index (χ1v) is 2.02. The van der Waals surface area contributed by atoms with E-state index in [4.69, 9.17) is 0 Å². The Bertz CT molecular complexity index is 24.8. The summed E-state index contributed by atoms with van der Waals surface area (Å²) >= 11 is 0. The van der Waals surface area contributed by atoms with Crippen LogP contribution in [0.1, 0.15) is 6.42 Å². The molecule has 0 aliphatic heterocycles. The Morgan fingerprint density at radius 1 is 1.80 bits per heavy atom. The Morgan fingerprint density at radius 2 is 2.40 bits per heavy atom. The summed E-state index contributed by atoms with van der Waals surface area (Å²) in [6.45, 7) is 3.55. The number of rotatable bonds is 2. The second kappa shape index (κ2) is 3.80. The lowest BCUT2D eigenvalue weighted by atomic mass is 10.0. The smallest absolute Gasteiger partial charge is 0.101 e. The quantitative estimate of drug-likeness (QED) is 0.328. The average Bonchev–Trinajstić information content (AvgIpc) is 1.41. The van der Waals surface area contributed by atoms with Gasteiger partial charge in [-0.3, -0.25) is 0 Å². The second-order valence-electron chi connectivity index (χ2n) is 1.08. The van der Waals surface area contributed by atoms with Crippen molar-refractivity contribution in [3.63, 3.8) is 0 Å². The summed E-state index contributed by atoms with van der Waals surface area (Å²) in [6, 6.07) is 0. The van der Waals surface area contributed by atoms with E-state index < -0.39 is 0 Å². The van der Waals surface area contributed by atoms with Crippen molar-refractivity contribution in [2.24, 2.45) is 0 Å². The third-order valence-corrected chi connectivity index (χ3v) is 0.493. The normalized spacial score (nSPS) is 7.20. The predicted octanol–water partition coefficient (Wildman–Crippen LogP) is 0.614. The molecular formula is C4H9B. The van der Waals surface area contributed by atoms with Crippen LogP contribution in [0.15, 0.2) is 12.7 Å². The molecule has 5 heavy (non-hydrogen) atoms. The van der Waals surface area contributed by atoms with E-state index in [0.717, 1.165) is 6.42 Å². The first-order valence-electron chi connectivity index (χ1n) is 2.02. The number of allylic oxidation sites excluding steroid dienone is 1. The van der Waals surface area contributed by atoms with Gasteiger partial charge in [-0.2, -0.15) is 0 Å². The maximum atomic E-state index is 3.55. The molecular weight excluding hydrogens is 58.9 g/mol. The van der Waals surface area contributed by atoms with Gasteiger partial charge >= 0.3 is 0 Å². The highest BCUT2D eigenvalue weighted by Crippen LogP contribution is 1.79. The summed E-state index contributed by atoms with van der Waals surface area (Å²) in [4.78, 5) is 0. The highest BCUT2D eigenvalue weighted by molar-refractivity contribution is 6.08. The summed E-state index contributed by atoms with van der Waals surface area (Å²) in [5, 5.41) is 0. The standard InChI is InChI=1S/C4H9B/c1-2-3-4-5/h2H,1,3-5H2. The van der Waals surface area contributed by atoms with Crippen LogP contribution in [0.25, 0.3) is 0 Å². The molecule has 0 radical (unpaired) electrons. The van der Waals surface area contributed by atoms with Gasteiger partial charge in [0.05, 0.1) is 0 Å². The zero-order valence-electron chi connectivity index (χ0n) is 3.70. The molecule has 28 valence electrons. The van der Waals surface area contributed by atoms with Gasteiger partial charge in [-0.1, -0.05) is 12.4 Å². The molecule has 0 rings (SSSR count). The van der Waals surface area contributed by atoms with E-state index in [0.29, 0.717) is 0 Å². The van der Waals surface area contributed by atoms with Gasteiger partial charge < -0.3 is 0 Å². The predicted molar refractivity (Wildman–Crippen MR) is 28.2 cm³/mol. The average molecular weight is 67.9 g/mol. The van der Waals surface area contributed by atoms with E-state index in [-0.39, 0.29) is 0 Å². The Balaban J connectivity index is 2.40. The minimum Gasteiger partial charge on any atom is -0.103 e. The van der Waals surface area contributed by atoms with Gasteiger partial charge in [0.1, 0.15) is 7.85 Å². The van der Waals surface area contributed by atoms with Crippen LogP contribution in [0, 0.1) is 0 Å². The van der Waals surface area contributed by atoms with Crippen molar-refractivity contribution in [1.82, 2.24) is 0 Å². The van der Waals surface area contributed by atoms with Gasteiger partial charge in [-0.15, -0.1) is 6.58 Å².